The molecule has 136 valence electrons. The van der Waals surface area contributed by atoms with Gasteiger partial charge in [0.2, 0.25) is 0 Å². The van der Waals surface area contributed by atoms with Crippen molar-refractivity contribution in [2.45, 2.75) is 70.7 Å². The van der Waals surface area contributed by atoms with Crippen molar-refractivity contribution in [1.82, 2.24) is 10.6 Å². The van der Waals surface area contributed by atoms with Crippen LogP contribution in [0.1, 0.15) is 60.3 Å². The number of rotatable bonds is 8. The fourth-order valence-electron chi connectivity index (χ4n) is 3.03. The van der Waals surface area contributed by atoms with E-state index in [4.69, 9.17) is 4.74 Å². The molecule has 0 heterocycles. The van der Waals surface area contributed by atoms with Crippen molar-refractivity contribution in [2.24, 2.45) is 11.8 Å². The largest absolute Gasteiger partial charge is 0.444 e. The van der Waals surface area contributed by atoms with Gasteiger partial charge in [-0.1, -0.05) is 26.7 Å². The zero-order valence-electron chi connectivity index (χ0n) is 15.8. The van der Waals surface area contributed by atoms with Crippen molar-refractivity contribution in [2.75, 3.05) is 25.9 Å². The van der Waals surface area contributed by atoms with Crippen LogP contribution in [0, 0.1) is 11.8 Å². The van der Waals surface area contributed by atoms with E-state index in [1.165, 1.54) is 25.7 Å². The summed E-state index contributed by atoms with van der Waals surface area (Å²) < 4.78 is 5.74. The Labute approximate surface area is 146 Å². The molecule has 1 aliphatic carbocycles. The number of thioether (sulfide) groups is 1. The normalized spacial score (nSPS) is 18.9. The fraction of sp³-hybridized carbons (Fsp3) is 0.944. The standard InChI is InChI=1S/C18H36N2O2S/c1-14(2)15(12-20-16(21)22-17(3,4)5)11-19-13-18(23-6)9-7-8-10-18/h14-15,19H,7-13H2,1-6H3,(H,20,21). The second kappa shape index (κ2) is 9.16. The molecule has 0 aromatic rings. The molecule has 0 aliphatic heterocycles. The SMILES string of the molecule is CSC1(CNCC(CNC(=O)OC(C)(C)C)C(C)C)CCCC1. The number of carbonyl (C=O) groups is 1. The molecule has 0 spiro atoms. The molecule has 2 N–H and O–H groups in total. The van der Waals surface area contributed by atoms with Crippen molar-refractivity contribution in [3.05, 3.63) is 0 Å². The topological polar surface area (TPSA) is 50.4 Å². The van der Waals surface area contributed by atoms with Crippen LogP contribution in [0.5, 0.6) is 0 Å². The lowest BCUT2D eigenvalue weighted by molar-refractivity contribution is 0.0515. The number of nitrogens with one attached hydrogen (secondary N) is 2. The van der Waals surface area contributed by atoms with Crippen LogP contribution in [0.2, 0.25) is 0 Å². The van der Waals surface area contributed by atoms with Gasteiger partial charge in [0, 0.05) is 17.8 Å². The Hall–Kier alpha value is -0.420. The third-order valence-electron chi connectivity index (χ3n) is 4.65. The molecule has 1 aliphatic rings. The summed E-state index contributed by atoms with van der Waals surface area (Å²) >= 11 is 2.01. The van der Waals surface area contributed by atoms with Crippen LogP contribution < -0.4 is 10.6 Å². The summed E-state index contributed by atoms with van der Waals surface area (Å²) in [6, 6.07) is 0. The smallest absolute Gasteiger partial charge is 0.407 e. The second-order valence-electron chi connectivity index (χ2n) is 8.11. The number of alkyl carbamates (subject to hydrolysis) is 1. The first-order valence-corrected chi connectivity index (χ1v) is 10.1. The third kappa shape index (κ3) is 7.79. The van der Waals surface area contributed by atoms with Gasteiger partial charge in [0.05, 0.1) is 0 Å². The number of carbonyl (C=O) groups excluding carboxylic acids is 1. The predicted molar refractivity (Wildman–Crippen MR) is 100 cm³/mol. The maximum Gasteiger partial charge on any atom is 0.407 e. The van der Waals surface area contributed by atoms with Gasteiger partial charge in [-0.15, -0.1) is 0 Å². The molecule has 0 radical (unpaired) electrons. The maximum absolute atomic E-state index is 11.8. The van der Waals surface area contributed by atoms with Gasteiger partial charge in [-0.3, -0.25) is 0 Å². The van der Waals surface area contributed by atoms with Crippen LogP contribution in [-0.4, -0.2) is 42.3 Å². The summed E-state index contributed by atoms with van der Waals surface area (Å²) in [4.78, 5) is 11.8. The van der Waals surface area contributed by atoms with E-state index in [0.717, 1.165) is 13.1 Å². The van der Waals surface area contributed by atoms with Gasteiger partial charge >= 0.3 is 6.09 Å². The Bertz CT molecular complexity index is 361. The second-order valence-corrected chi connectivity index (χ2v) is 9.39. The van der Waals surface area contributed by atoms with E-state index >= 15 is 0 Å². The first-order chi connectivity index (χ1) is 10.7. The zero-order valence-corrected chi connectivity index (χ0v) is 16.6. The molecular formula is C18H36N2O2S. The van der Waals surface area contributed by atoms with Crippen molar-refractivity contribution in [3.63, 3.8) is 0 Å². The molecule has 1 rings (SSSR count). The average Bonchev–Trinajstić information content (AvgIpc) is 2.89. The highest BCUT2D eigenvalue weighted by molar-refractivity contribution is 8.00. The van der Waals surface area contributed by atoms with E-state index in [2.05, 4.69) is 30.7 Å². The molecule has 1 saturated carbocycles. The van der Waals surface area contributed by atoms with Crippen molar-refractivity contribution in [1.29, 1.82) is 0 Å². The zero-order chi connectivity index (χ0) is 17.5. The van der Waals surface area contributed by atoms with Crippen LogP contribution >= 0.6 is 11.8 Å². The van der Waals surface area contributed by atoms with Gasteiger partial charge in [-0.05, 0) is 58.2 Å². The van der Waals surface area contributed by atoms with Crippen molar-refractivity contribution >= 4 is 17.9 Å². The molecule has 0 aromatic carbocycles. The Morgan fingerprint density at radius 2 is 1.83 bits per heavy atom. The predicted octanol–water partition coefficient (Wildman–Crippen LogP) is 4.05. The number of amides is 1. The lowest BCUT2D eigenvalue weighted by Gasteiger charge is -2.29. The Kier molecular flexibility index (Phi) is 8.22. The summed E-state index contributed by atoms with van der Waals surface area (Å²) in [6.07, 6.45) is 7.27. The molecule has 1 atom stereocenters. The minimum absolute atomic E-state index is 0.320. The van der Waals surface area contributed by atoms with Crippen LogP contribution in [0.15, 0.2) is 0 Å². The number of hydrogen-bond acceptors (Lipinski definition) is 4. The third-order valence-corrected chi connectivity index (χ3v) is 6.07. The summed E-state index contributed by atoms with van der Waals surface area (Å²) in [5, 5.41) is 6.58. The molecule has 5 heteroatoms. The molecule has 0 aromatic heterocycles. The molecule has 23 heavy (non-hydrogen) atoms. The highest BCUT2D eigenvalue weighted by Gasteiger charge is 2.32. The summed E-state index contributed by atoms with van der Waals surface area (Å²) in [5.41, 5.74) is -0.442. The maximum atomic E-state index is 11.8. The number of ether oxygens (including phenoxy) is 1. The first-order valence-electron chi connectivity index (χ1n) is 8.90. The van der Waals surface area contributed by atoms with E-state index in [1.807, 2.05) is 32.5 Å². The number of hydrogen-bond donors (Lipinski definition) is 2. The van der Waals surface area contributed by atoms with Gasteiger partial charge in [-0.2, -0.15) is 11.8 Å². The van der Waals surface area contributed by atoms with Crippen molar-refractivity contribution < 1.29 is 9.53 Å². The van der Waals surface area contributed by atoms with E-state index < -0.39 is 5.60 Å². The first kappa shape index (κ1) is 20.6. The van der Waals surface area contributed by atoms with Crippen LogP contribution in [0.25, 0.3) is 0 Å². The van der Waals surface area contributed by atoms with E-state index in [1.54, 1.807) is 0 Å². The van der Waals surface area contributed by atoms with E-state index in [-0.39, 0.29) is 6.09 Å². The average molecular weight is 345 g/mol. The van der Waals surface area contributed by atoms with Gasteiger partial charge in [-0.25, -0.2) is 4.79 Å². The summed E-state index contributed by atoms with van der Waals surface area (Å²) in [5.74, 6) is 0.939. The quantitative estimate of drug-likeness (QED) is 0.697. The van der Waals surface area contributed by atoms with Crippen molar-refractivity contribution in [3.8, 4) is 0 Å². The minimum atomic E-state index is -0.442. The van der Waals surface area contributed by atoms with Crippen LogP contribution in [0.4, 0.5) is 4.79 Å². The lowest BCUT2D eigenvalue weighted by atomic mass is 9.95. The molecule has 1 unspecified atom stereocenters. The highest BCUT2D eigenvalue weighted by Crippen LogP contribution is 2.39. The molecule has 0 bridgehead atoms. The lowest BCUT2D eigenvalue weighted by Crippen LogP contribution is -2.42. The molecule has 0 saturated heterocycles. The monoisotopic (exact) mass is 344 g/mol. The van der Waals surface area contributed by atoms with Crippen LogP contribution in [-0.2, 0) is 4.74 Å². The molecule has 1 fully saturated rings. The summed E-state index contributed by atoms with van der Waals surface area (Å²) in [7, 11) is 0. The summed E-state index contributed by atoms with van der Waals surface area (Å²) in [6.45, 7) is 12.8. The van der Waals surface area contributed by atoms with E-state index in [9.17, 15) is 4.79 Å². The fourth-order valence-corrected chi connectivity index (χ4v) is 3.97. The van der Waals surface area contributed by atoms with Gasteiger partial charge < -0.3 is 15.4 Å². The highest BCUT2D eigenvalue weighted by atomic mass is 32.2. The molecule has 1 amide bonds. The molecule has 4 nitrogen and oxygen atoms in total. The minimum Gasteiger partial charge on any atom is -0.444 e. The molecular weight excluding hydrogens is 308 g/mol. The Balaban J connectivity index is 2.36. The van der Waals surface area contributed by atoms with Gasteiger partial charge in [0.15, 0.2) is 0 Å². The van der Waals surface area contributed by atoms with Gasteiger partial charge in [0.25, 0.3) is 0 Å². The Morgan fingerprint density at radius 3 is 2.30 bits per heavy atom. The van der Waals surface area contributed by atoms with Gasteiger partial charge in [0.1, 0.15) is 5.60 Å². The van der Waals surface area contributed by atoms with Crippen LogP contribution in [0.3, 0.4) is 0 Å². The van der Waals surface area contributed by atoms with E-state index in [0.29, 0.717) is 23.1 Å². The Morgan fingerprint density at radius 1 is 1.22 bits per heavy atom.